The summed E-state index contributed by atoms with van der Waals surface area (Å²) in [5, 5.41) is 0.691. The lowest BCUT2D eigenvalue weighted by molar-refractivity contribution is -0.119. The van der Waals surface area contributed by atoms with Crippen LogP contribution in [0.2, 0.25) is 5.02 Å². The summed E-state index contributed by atoms with van der Waals surface area (Å²) >= 11 is 6.15. The summed E-state index contributed by atoms with van der Waals surface area (Å²) < 4.78 is 0. The second kappa shape index (κ2) is 10.7. The normalized spacial score (nSPS) is 11.0. The number of hydrogen-bond acceptors (Lipinski definition) is 1. The molecule has 0 saturated carbocycles. The molecule has 3 heteroatoms. The highest BCUT2D eigenvalue weighted by Crippen LogP contribution is 2.27. The number of carbonyl (C=O) groups excluding carboxylic acids is 1. The lowest BCUT2D eigenvalue weighted by atomic mass is 10.0. The van der Waals surface area contributed by atoms with E-state index in [1.165, 1.54) is 0 Å². The van der Waals surface area contributed by atoms with Crippen LogP contribution in [0.5, 0.6) is 0 Å². The maximum absolute atomic E-state index is 12.7. The molecular weight excluding hydrogens is 294 g/mol. The van der Waals surface area contributed by atoms with E-state index in [9.17, 15) is 4.79 Å². The molecule has 0 aliphatic rings. The average Bonchev–Trinajstić information content (AvgIpc) is 2.50. The van der Waals surface area contributed by atoms with E-state index >= 15 is 0 Å². The standard InChI is InChI=1S/C19H30ClNO/c1-4-7-12-17(13-8-5-2)21(19(22)10-6-3)18-14-9-11-16(20)15-18/h9,11,14-15,17H,4-8,10,12-13H2,1-3H3. The van der Waals surface area contributed by atoms with Gasteiger partial charge in [-0.3, -0.25) is 4.79 Å². The molecule has 1 aromatic rings. The van der Waals surface area contributed by atoms with Crippen LogP contribution in [-0.2, 0) is 4.79 Å². The van der Waals surface area contributed by atoms with Gasteiger partial charge in [0.25, 0.3) is 0 Å². The van der Waals surface area contributed by atoms with Gasteiger partial charge in [0.1, 0.15) is 0 Å². The first-order valence-electron chi connectivity index (χ1n) is 8.71. The molecule has 0 radical (unpaired) electrons. The minimum atomic E-state index is 0.224. The smallest absolute Gasteiger partial charge is 0.227 e. The number of carbonyl (C=O) groups is 1. The summed E-state index contributed by atoms with van der Waals surface area (Å²) in [4.78, 5) is 14.7. The zero-order chi connectivity index (χ0) is 16.4. The number of anilines is 1. The predicted octanol–water partition coefficient (Wildman–Crippen LogP) is 6.22. The highest BCUT2D eigenvalue weighted by atomic mass is 35.5. The van der Waals surface area contributed by atoms with Crippen LogP contribution >= 0.6 is 11.6 Å². The highest BCUT2D eigenvalue weighted by Gasteiger charge is 2.24. The molecule has 0 aliphatic carbocycles. The lowest BCUT2D eigenvalue weighted by Gasteiger charge is -2.32. The van der Waals surface area contributed by atoms with Gasteiger partial charge in [-0.15, -0.1) is 0 Å². The molecule has 0 atom stereocenters. The Kier molecular flexibility index (Phi) is 9.22. The first kappa shape index (κ1) is 19.0. The Labute approximate surface area is 140 Å². The molecule has 1 rings (SSSR count). The van der Waals surface area contributed by atoms with Crippen LogP contribution < -0.4 is 4.90 Å². The van der Waals surface area contributed by atoms with E-state index in [1.54, 1.807) is 0 Å². The maximum Gasteiger partial charge on any atom is 0.227 e. The summed E-state index contributed by atoms with van der Waals surface area (Å²) in [5.41, 5.74) is 0.947. The molecule has 2 nitrogen and oxygen atoms in total. The summed E-state index contributed by atoms with van der Waals surface area (Å²) in [7, 11) is 0. The van der Waals surface area contributed by atoms with Gasteiger partial charge in [-0.2, -0.15) is 0 Å². The van der Waals surface area contributed by atoms with Crippen molar-refractivity contribution in [2.24, 2.45) is 0 Å². The Morgan fingerprint density at radius 1 is 1.09 bits per heavy atom. The van der Waals surface area contributed by atoms with Crippen LogP contribution in [0.3, 0.4) is 0 Å². The Morgan fingerprint density at radius 2 is 1.73 bits per heavy atom. The van der Waals surface area contributed by atoms with E-state index in [0.29, 0.717) is 11.4 Å². The fourth-order valence-corrected chi connectivity index (χ4v) is 2.99. The Bertz CT molecular complexity index is 439. The zero-order valence-corrected chi connectivity index (χ0v) is 15.0. The first-order valence-corrected chi connectivity index (χ1v) is 9.09. The molecule has 0 N–H and O–H groups in total. The molecular formula is C19H30ClNO. The van der Waals surface area contributed by atoms with Gasteiger partial charge in [-0.1, -0.05) is 64.1 Å². The number of halogens is 1. The minimum Gasteiger partial charge on any atom is -0.309 e. The molecule has 0 aliphatic heterocycles. The topological polar surface area (TPSA) is 20.3 Å². The van der Waals surface area contributed by atoms with E-state index in [1.807, 2.05) is 29.2 Å². The monoisotopic (exact) mass is 323 g/mol. The average molecular weight is 324 g/mol. The third-order valence-electron chi connectivity index (χ3n) is 3.97. The van der Waals surface area contributed by atoms with E-state index in [0.717, 1.165) is 50.6 Å². The Hall–Kier alpha value is -1.02. The largest absolute Gasteiger partial charge is 0.309 e. The number of hydrogen-bond donors (Lipinski definition) is 0. The predicted molar refractivity (Wildman–Crippen MR) is 96.7 cm³/mol. The summed E-state index contributed by atoms with van der Waals surface area (Å²) in [6, 6.07) is 8.00. The Balaban J connectivity index is 3.05. The van der Waals surface area contributed by atoms with Crippen molar-refractivity contribution in [3.05, 3.63) is 29.3 Å². The van der Waals surface area contributed by atoms with Crippen molar-refractivity contribution in [2.45, 2.75) is 78.2 Å². The highest BCUT2D eigenvalue weighted by molar-refractivity contribution is 6.30. The summed E-state index contributed by atoms with van der Waals surface area (Å²) in [5.74, 6) is 0.224. The molecule has 0 spiro atoms. The van der Waals surface area contributed by atoms with Gasteiger partial charge < -0.3 is 4.90 Å². The fraction of sp³-hybridized carbons (Fsp3) is 0.632. The molecule has 0 fully saturated rings. The maximum atomic E-state index is 12.7. The minimum absolute atomic E-state index is 0.224. The van der Waals surface area contributed by atoms with Gasteiger partial charge in [-0.25, -0.2) is 0 Å². The van der Waals surface area contributed by atoms with Crippen LogP contribution in [0.4, 0.5) is 5.69 Å². The first-order chi connectivity index (χ1) is 10.6. The molecule has 0 heterocycles. The number of amides is 1. The van der Waals surface area contributed by atoms with Crippen LogP contribution in [0.1, 0.15) is 72.1 Å². The molecule has 0 saturated heterocycles. The van der Waals surface area contributed by atoms with Gasteiger partial charge in [0.15, 0.2) is 0 Å². The van der Waals surface area contributed by atoms with E-state index in [2.05, 4.69) is 20.8 Å². The van der Waals surface area contributed by atoms with Crippen LogP contribution in [0.15, 0.2) is 24.3 Å². The van der Waals surface area contributed by atoms with Crippen molar-refractivity contribution in [3.8, 4) is 0 Å². The van der Waals surface area contributed by atoms with Crippen LogP contribution in [-0.4, -0.2) is 11.9 Å². The molecule has 124 valence electrons. The molecule has 0 aromatic heterocycles. The lowest BCUT2D eigenvalue weighted by Crippen LogP contribution is -2.40. The van der Waals surface area contributed by atoms with Gasteiger partial charge in [0.05, 0.1) is 0 Å². The van der Waals surface area contributed by atoms with E-state index < -0.39 is 0 Å². The van der Waals surface area contributed by atoms with E-state index in [-0.39, 0.29) is 11.9 Å². The summed E-state index contributed by atoms with van der Waals surface area (Å²) in [6.07, 6.45) is 8.25. The molecule has 1 aromatic carbocycles. The zero-order valence-electron chi connectivity index (χ0n) is 14.3. The molecule has 22 heavy (non-hydrogen) atoms. The van der Waals surface area contributed by atoms with Gasteiger partial charge in [0.2, 0.25) is 5.91 Å². The second-order valence-corrected chi connectivity index (χ2v) is 6.37. The van der Waals surface area contributed by atoms with E-state index in [4.69, 9.17) is 11.6 Å². The van der Waals surface area contributed by atoms with Crippen molar-refractivity contribution >= 4 is 23.2 Å². The molecule has 0 unspecified atom stereocenters. The van der Waals surface area contributed by atoms with Crippen LogP contribution in [0.25, 0.3) is 0 Å². The van der Waals surface area contributed by atoms with Crippen molar-refractivity contribution in [2.75, 3.05) is 4.90 Å². The summed E-state index contributed by atoms with van der Waals surface area (Å²) in [6.45, 7) is 6.46. The van der Waals surface area contributed by atoms with Crippen molar-refractivity contribution in [1.29, 1.82) is 0 Å². The van der Waals surface area contributed by atoms with Crippen molar-refractivity contribution in [3.63, 3.8) is 0 Å². The number of unbranched alkanes of at least 4 members (excludes halogenated alkanes) is 2. The third kappa shape index (κ3) is 6.00. The fourth-order valence-electron chi connectivity index (χ4n) is 2.80. The number of benzene rings is 1. The second-order valence-electron chi connectivity index (χ2n) is 5.93. The quantitative estimate of drug-likeness (QED) is 0.500. The van der Waals surface area contributed by atoms with Gasteiger partial charge in [-0.05, 0) is 37.5 Å². The Morgan fingerprint density at radius 3 is 2.23 bits per heavy atom. The number of rotatable bonds is 10. The SMILES string of the molecule is CCCCC(CCCC)N(C(=O)CCC)c1cccc(Cl)c1. The third-order valence-corrected chi connectivity index (χ3v) is 4.20. The molecule has 0 bridgehead atoms. The molecule has 1 amide bonds. The van der Waals surface area contributed by atoms with Crippen LogP contribution in [0, 0.1) is 0 Å². The number of nitrogens with zero attached hydrogens (tertiary/aromatic N) is 1. The van der Waals surface area contributed by atoms with Crippen molar-refractivity contribution < 1.29 is 4.79 Å². The van der Waals surface area contributed by atoms with Gasteiger partial charge >= 0.3 is 0 Å². The van der Waals surface area contributed by atoms with Gasteiger partial charge in [0, 0.05) is 23.2 Å². The van der Waals surface area contributed by atoms with Crippen molar-refractivity contribution in [1.82, 2.24) is 0 Å².